The van der Waals surface area contributed by atoms with Gasteiger partial charge in [-0.05, 0) is 47.9 Å². The van der Waals surface area contributed by atoms with E-state index in [0.717, 1.165) is 11.3 Å². The van der Waals surface area contributed by atoms with E-state index in [1.54, 1.807) is 49.6 Å². The van der Waals surface area contributed by atoms with Crippen LogP contribution in [0.3, 0.4) is 0 Å². The quantitative estimate of drug-likeness (QED) is 0.288. The van der Waals surface area contributed by atoms with Gasteiger partial charge in [-0.2, -0.15) is 10.4 Å². The first-order chi connectivity index (χ1) is 16.1. The van der Waals surface area contributed by atoms with Gasteiger partial charge in [-0.1, -0.05) is 48.5 Å². The third-order valence-corrected chi connectivity index (χ3v) is 4.79. The van der Waals surface area contributed by atoms with E-state index in [0.29, 0.717) is 35.8 Å². The van der Waals surface area contributed by atoms with Gasteiger partial charge in [0.2, 0.25) is 0 Å². The molecule has 0 radical (unpaired) electrons. The maximum Gasteiger partial charge on any atom is 0.261 e. The van der Waals surface area contributed by atoms with E-state index >= 15 is 0 Å². The highest BCUT2D eigenvalue weighted by molar-refractivity contribution is 5.88. The third kappa shape index (κ3) is 6.58. The van der Waals surface area contributed by atoms with Crippen molar-refractivity contribution < 1.29 is 19.0 Å². The Balaban J connectivity index is 1.54. The number of nitriles is 1. The van der Waals surface area contributed by atoms with Crippen LogP contribution >= 0.6 is 0 Å². The molecule has 1 atom stereocenters. The molecule has 0 saturated heterocycles. The molecule has 0 heterocycles. The molecule has 7 heteroatoms. The number of rotatable bonds is 10. The molecule has 0 spiro atoms. The normalized spacial score (nSPS) is 11.4. The van der Waals surface area contributed by atoms with Gasteiger partial charge in [-0.3, -0.25) is 4.79 Å². The van der Waals surface area contributed by atoms with Gasteiger partial charge in [0.1, 0.15) is 19.0 Å². The minimum atomic E-state index is -0.935. The minimum Gasteiger partial charge on any atom is -0.493 e. The summed E-state index contributed by atoms with van der Waals surface area (Å²) < 4.78 is 16.9. The Hall–Kier alpha value is -4.31. The number of methoxy groups -OCH3 is 1. The Morgan fingerprint density at radius 3 is 2.39 bits per heavy atom. The van der Waals surface area contributed by atoms with E-state index in [9.17, 15) is 10.1 Å². The van der Waals surface area contributed by atoms with E-state index in [1.165, 1.54) is 6.21 Å². The fourth-order valence-electron chi connectivity index (χ4n) is 3.07. The lowest BCUT2D eigenvalue weighted by atomic mass is 10.0. The Morgan fingerprint density at radius 1 is 1.00 bits per heavy atom. The van der Waals surface area contributed by atoms with Crippen LogP contribution in [0, 0.1) is 18.3 Å². The Kier molecular flexibility index (Phi) is 8.43. The summed E-state index contributed by atoms with van der Waals surface area (Å²) in [5.74, 6) is 0.490. The van der Waals surface area contributed by atoms with Crippen LogP contribution < -0.4 is 19.6 Å². The van der Waals surface area contributed by atoms with Crippen molar-refractivity contribution >= 4 is 12.1 Å². The summed E-state index contributed by atoms with van der Waals surface area (Å²) in [5.41, 5.74) is 4.79. The second kappa shape index (κ2) is 11.9. The fraction of sp³-hybridized carbons (Fsp3) is 0.192. The number of nitrogens with zero attached hydrogens (tertiary/aromatic N) is 2. The van der Waals surface area contributed by atoms with Crippen LogP contribution in [0.4, 0.5) is 0 Å². The van der Waals surface area contributed by atoms with Gasteiger partial charge in [0.05, 0.1) is 19.4 Å². The van der Waals surface area contributed by atoms with Crippen molar-refractivity contribution in [1.29, 1.82) is 5.26 Å². The highest BCUT2D eigenvalue weighted by atomic mass is 16.5. The maximum absolute atomic E-state index is 12.3. The summed E-state index contributed by atoms with van der Waals surface area (Å²) in [6, 6.07) is 23.9. The first kappa shape index (κ1) is 23.4. The first-order valence-electron chi connectivity index (χ1n) is 10.4. The van der Waals surface area contributed by atoms with Gasteiger partial charge >= 0.3 is 0 Å². The summed E-state index contributed by atoms with van der Waals surface area (Å²) in [5, 5.41) is 13.3. The zero-order valence-corrected chi connectivity index (χ0v) is 18.5. The van der Waals surface area contributed by atoms with E-state index in [2.05, 4.69) is 10.5 Å². The van der Waals surface area contributed by atoms with Crippen LogP contribution in [-0.4, -0.2) is 32.4 Å². The summed E-state index contributed by atoms with van der Waals surface area (Å²) in [6.45, 7) is 2.73. The third-order valence-electron chi connectivity index (χ3n) is 4.79. The van der Waals surface area contributed by atoms with Crippen LogP contribution in [0.1, 0.15) is 22.6 Å². The van der Waals surface area contributed by atoms with Crippen molar-refractivity contribution in [3.63, 3.8) is 0 Å². The number of benzene rings is 3. The smallest absolute Gasteiger partial charge is 0.261 e. The number of aryl methyl sites for hydroxylation is 1. The zero-order chi connectivity index (χ0) is 23.5. The van der Waals surface area contributed by atoms with Gasteiger partial charge < -0.3 is 14.2 Å². The minimum absolute atomic E-state index is 0.350. The zero-order valence-electron chi connectivity index (χ0n) is 18.5. The standard InChI is InChI=1S/C26H25N3O4/c1-19-8-6-7-11-23(19)32-14-15-33-24-13-12-20(16-25(24)31-2)18-28-29-26(30)22(17-27)21-9-4-3-5-10-21/h3-13,16,18,22H,14-15H2,1-2H3,(H,29,30)/b28-18-/t22-/m1/s1. The second-order valence-corrected chi connectivity index (χ2v) is 7.08. The highest BCUT2D eigenvalue weighted by Crippen LogP contribution is 2.27. The average molecular weight is 444 g/mol. The molecule has 3 rings (SSSR count). The molecule has 3 aromatic rings. The molecule has 0 saturated carbocycles. The SMILES string of the molecule is COc1cc(/C=N\NC(=O)[C@H](C#N)c2ccccc2)ccc1OCCOc1ccccc1C. The number of carbonyl (C=O) groups is 1. The topological polar surface area (TPSA) is 92.9 Å². The second-order valence-electron chi connectivity index (χ2n) is 7.08. The van der Waals surface area contributed by atoms with Crippen LogP contribution in [0.2, 0.25) is 0 Å². The molecule has 0 aliphatic carbocycles. The van der Waals surface area contributed by atoms with Crippen LogP contribution in [0.15, 0.2) is 77.9 Å². The van der Waals surface area contributed by atoms with Crippen molar-refractivity contribution in [3.8, 4) is 23.3 Å². The lowest BCUT2D eigenvalue weighted by Gasteiger charge is -2.13. The van der Waals surface area contributed by atoms with Crippen LogP contribution in [-0.2, 0) is 4.79 Å². The number of ether oxygens (including phenoxy) is 3. The summed E-state index contributed by atoms with van der Waals surface area (Å²) >= 11 is 0. The van der Waals surface area contributed by atoms with Crippen LogP contribution in [0.25, 0.3) is 0 Å². The van der Waals surface area contributed by atoms with Gasteiger partial charge in [0.25, 0.3) is 5.91 Å². The van der Waals surface area contributed by atoms with E-state index < -0.39 is 11.8 Å². The lowest BCUT2D eigenvalue weighted by molar-refractivity contribution is -0.121. The largest absolute Gasteiger partial charge is 0.493 e. The highest BCUT2D eigenvalue weighted by Gasteiger charge is 2.19. The molecule has 0 aliphatic heterocycles. The Morgan fingerprint density at radius 2 is 1.70 bits per heavy atom. The van der Waals surface area contributed by atoms with Crippen molar-refractivity contribution in [2.75, 3.05) is 20.3 Å². The molecular weight excluding hydrogens is 418 g/mol. The monoisotopic (exact) mass is 443 g/mol. The molecule has 168 valence electrons. The number of hydrogen-bond acceptors (Lipinski definition) is 6. The average Bonchev–Trinajstić information content (AvgIpc) is 2.84. The van der Waals surface area contributed by atoms with Gasteiger partial charge in [-0.15, -0.1) is 0 Å². The molecule has 3 aromatic carbocycles. The molecule has 0 fully saturated rings. The molecular formula is C26H25N3O4. The fourth-order valence-corrected chi connectivity index (χ4v) is 3.07. The number of carbonyl (C=O) groups excluding carboxylic acids is 1. The molecule has 0 unspecified atom stereocenters. The van der Waals surface area contributed by atoms with Crippen LogP contribution in [0.5, 0.6) is 17.2 Å². The lowest BCUT2D eigenvalue weighted by Crippen LogP contribution is -2.24. The molecule has 1 N–H and O–H groups in total. The summed E-state index contributed by atoms with van der Waals surface area (Å²) in [6.07, 6.45) is 1.48. The van der Waals surface area contributed by atoms with Gasteiger partial charge in [0.15, 0.2) is 17.4 Å². The number of amides is 1. The molecule has 1 amide bonds. The van der Waals surface area contributed by atoms with Crippen molar-refractivity contribution in [1.82, 2.24) is 5.43 Å². The molecule has 0 bridgehead atoms. The van der Waals surface area contributed by atoms with E-state index in [4.69, 9.17) is 14.2 Å². The number of hydrogen-bond donors (Lipinski definition) is 1. The molecule has 0 aliphatic rings. The van der Waals surface area contributed by atoms with E-state index in [-0.39, 0.29) is 0 Å². The number of hydrazone groups is 1. The Bertz CT molecular complexity index is 1140. The maximum atomic E-state index is 12.3. The van der Waals surface area contributed by atoms with E-state index in [1.807, 2.05) is 43.3 Å². The molecule has 0 aromatic heterocycles. The first-order valence-corrected chi connectivity index (χ1v) is 10.4. The summed E-state index contributed by atoms with van der Waals surface area (Å²) in [4.78, 5) is 12.3. The predicted molar refractivity (Wildman–Crippen MR) is 126 cm³/mol. The summed E-state index contributed by atoms with van der Waals surface area (Å²) in [7, 11) is 1.55. The number of nitrogens with one attached hydrogen (secondary N) is 1. The predicted octanol–water partition coefficient (Wildman–Crippen LogP) is 4.22. The van der Waals surface area contributed by atoms with Crippen molar-refractivity contribution in [2.45, 2.75) is 12.8 Å². The molecule has 7 nitrogen and oxygen atoms in total. The molecule has 33 heavy (non-hydrogen) atoms. The van der Waals surface area contributed by atoms with Crippen molar-refractivity contribution in [3.05, 3.63) is 89.5 Å². The number of para-hydroxylation sites is 1. The Labute approximate surface area is 193 Å². The van der Waals surface area contributed by atoms with Gasteiger partial charge in [-0.25, -0.2) is 5.43 Å². The van der Waals surface area contributed by atoms with Gasteiger partial charge in [0, 0.05) is 0 Å². The van der Waals surface area contributed by atoms with Crippen molar-refractivity contribution in [2.24, 2.45) is 5.10 Å².